The van der Waals surface area contributed by atoms with Crippen LogP contribution in [0.5, 0.6) is 0 Å². The van der Waals surface area contributed by atoms with Gasteiger partial charge in [-0.1, -0.05) is 90.1 Å². The van der Waals surface area contributed by atoms with E-state index in [0.717, 1.165) is 27.2 Å². The minimum absolute atomic E-state index is 0.201. The molecule has 2 aromatic carbocycles. The lowest BCUT2D eigenvalue weighted by atomic mass is 9.60. The van der Waals surface area contributed by atoms with E-state index in [1.54, 1.807) is 0 Å². The summed E-state index contributed by atoms with van der Waals surface area (Å²) in [4.78, 5) is 14.3. The largest absolute Gasteiger partial charge is 0.406 e. The Hall–Kier alpha value is -2.30. The Balaban J connectivity index is 0.00000106. The molecule has 1 aliphatic rings. The molecular weight excluding hydrogens is 387 g/mol. The van der Waals surface area contributed by atoms with Gasteiger partial charge < -0.3 is 4.90 Å². The molecule has 0 atom stereocenters. The number of rotatable bonds is 3. The van der Waals surface area contributed by atoms with Crippen LogP contribution < -0.4 is 0 Å². The summed E-state index contributed by atoms with van der Waals surface area (Å²) in [5.41, 5.74) is 2.49. The van der Waals surface area contributed by atoms with Gasteiger partial charge in [0.25, 0.3) is 0 Å². The van der Waals surface area contributed by atoms with Crippen molar-refractivity contribution in [1.82, 2.24) is 4.90 Å². The average molecular weight is 422 g/mol. The molecular formula is C25H34F3NO. The Morgan fingerprint density at radius 3 is 1.70 bits per heavy atom. The predicted molar refractivity (Wildman–Crippen MR) is 118 cm³/mol. The van der Waals surface area contributed by atoms with Gasteiger partial charge in [0, 0.05) is 7.05 Å². The molecule has 0 unspecified atom stereocenters. The maximum atomic E-state index is 13.5. The first-order chi connectivity index (χ1) is 14.2. The van der Waals surface area contributed by atoms with E-state index in [9.17, 15) is 18.0 Å². The highest BCUT2D eigenvalue weighted by atomic mass is 19.4. The molecule has 0 saturated heterocycles. The Kier molecular flexibility index (Phi) is 9.13. The molecule has 0 aromatic heterocycles. The number of likely N-dealkylation sites (N-methyl/N-ethyl adjacent to an activating group) is 1. The number of alkyl halides is 3. The Labute approximate surface area is 179 Å². The van der Waals surface area contributed by atoms with Gasteiger partial charge in [0.1, 0.15) is 12.0 Å². The maximum Gasteiger partial charge on any atom is 0.406 e. The van der Waals surface area contributed by atoms with Crippen LogP contribution in [0.2, 0.25) is 0 Å². The van der Waals surface area contributed by atoms with Gasteiger partial charge in [-0.15, -0.1) is 0 Å². The molecule has 0 radical (unpaired) electrons. The van der Waals surface area contributed by atoms with Crippen molar-refractivity contribution in [3.63, 3.8) is 0 Å². The molecule has 5 heteroatoms. The van der Waals surface area contributed by atoms with Gasteiger partial charge >= 0.3 is 6.18 Å². The fourth-order valence-corrected chi connectivity index (χ4v) is 4.21. The molecule has 0 saturated carbocycles. The first kappa shape index (κ1) is 25.7. The zero-order valence-electron chi connectivity index (χ0n) is 19.1. The van der Waals surface area contributed by atoms with E-state index in [0.29, 0.717) is 6.42 Å². The summed E-state index contributed by atoms with van der Waals surface area (Å²) in [5.74, 6) is -0.710. The van der Waals surface area contributed by atoms with Crippen LogP contribution in [0.15, 0.2) is 48.5 Å². The molecule has 2 aromatic rings. The van der Waals surface area contributed by atoms with Crippen LogP contribution in [0.25, 0.3) is 0 Å². The van der Waals surface area contributed by atoms with Crippen LogP contribution in [0.3, 0.4) is 0 Å². The zero-order valence-corrected chi connectivity index (χ0v) is 19.1. The van der Waals surface area contributed by atoms with Crippen LogP contribution >= 0.6 is 0 Å². The molecule has 30 heavy (non-hydrogen) atoms. The van der Waals surface area contributed by atoms with Crippen molar-refractivity contribution in [3.8, 4) is 0 Å². The molecule has 1 aliphatic carbocycles. The van der Waals surface area contributed by atoms with E-state index in [1.165, 1.54) is 7.05 Å². The first-order valence-corrected chi connectivity index (χ1v) is 10.7. The molecule has 1 amide bonds. The normalized spacial score (nSPS) is 13.7. The second-order valence-electron chi connectivity index (χ2n) is 7.23. The van der Waals surface area contributed by atoms with E-state index >= 15 is 0 Å². The van der Waals surface area contributed by atoms with Crippen molar-refractivity contribution in [2.45, 2.75) is 59.6 Å². The summed E-state index contributed by atoms with van der Waals surface area (Å²) in [6.07, 6.45) is -3.76. The molecule has 2 nitrogen and oxygen atoms in total. The third kappa shape index (κ3) is 4.88. The number of nitrogens with zero attached hydrogens (tertiary/aromatic N) is 1. The summed E-state index contributed by atoms with van der Waals surface area (Å²) < 4.78 is 38.9. The third-order valence-electron chi connectivity index (χ3n) is 5.23. The van der Waals surface area contributed by atoms with Crippen molar-refractivity contribution in [2.75, 3.05) is 13.6 Å². The summed E-state index contributed by atoms with van der Waals surface area (Å²) in [5, 5.41) is 0. The van der Waals surface area contributed by atoms with Crippen LogP contribution in [0.1, 0.15) is 63.8 Å². The first-order valence-electron chi connectivity index (χ1n) is 10.7. The van der Waals surface area contributed by atoms with Gasteiger partial charge in [-0.3, -0.25) is 4.79 Å². The summed E-state index contributed by atoms with van der Waals surface area (Å²) >= 11 is 0. The fraction of sp³-hybridized carbons (Fsp3) is 0.480. The standard InChI is InChI=1S/C21H22F3NO.2C2H6/c1-14(2)21(19(26)25(3)13-20(22,23)24)17-10-6-4-8-15(17)12-16-9-5-7-11-18(16)21;2*1-2/h4-11,14H,12-13H2,1-3H3;2*1-2H3. The predicted octanol–water partition coefficient (Wildman–Crippen LogP) is 6.61. The van der Waals surface area contributed by atoms with Gasteiger partial charge in [0.2, 0.25) is 5.91 Å². The summed E-state index contributed by atoms with van der Waals surface area (Å²) in [6.45, 7) is 10.5. The summed E-state index contributed by atoms with van der Waals surface area (Å²) in [6, 6.07) is 15.2. The van der Waals surface area contributed by atoms with Crippen molar-refractivity contribution in [3.05, 3.63) is 70.8 Å². The van der Waals surface area contributed by atoms with Gasteiger partial charge in [0.15, 0.2) is 0 Å². The van der Waals surface area contributed by atoms with Crippen LogP contribution in [0.4, 0.5) is 13.2 Å². The van der Waals surface area contributed by atoms with E-state index < -0.39 is 24.0 Å². The smallest absolute Gasteiger partial charge is 0.336 e. The zero-order chi connectivity index (χ0) is 23.1. The fourth-order valence-electron chi connectivity index (χ4n) is 4.21. The number of benzene rings is 2. The van der Waals surface area contributed by atoms with E-state index in [1.807, 2.05) is 90.1 Å². The van der Waals surface area contributed by atoms with Crippen molar-refractivity contribution >= 4 is 5.91 Å². The maximum absolute atomic E-state index is 13.5. The van der Waals surface area contributed by atoms with Gasteiger partial charge in [-0.25, -0.2) is 0 Å². The number of hydrogen-bond acceptors (Lipinski definition) is 1. The number of carbonyl (C=O) groups is 1. The van der Waals surface area contributed by atoms with E-state index in [-0.39, 0.29) is 5.92 Å². The Morgan fingerprint density at radius 2 is 1.33 bits per heavy atom. The van der Waals surface area contributed by atoms with Crippen molar-refractivity contribution in [1.29, 1.82) is 0 Å². The SMILES string of the molecule is CC.CC.CC(C)C1(C(=O)N(C)CC(F)(F)F)c2ccccc2Cc2ccccc21. The van der Waals surface area contributed by atoms with E-state index in [2.05, 4.69) is 0 Å². The molecule has 0 bridgehead atoms. The number of halogens is 3. The molecule has 0 N–H and O–H groups in total. The highest BCUT2D eigenvalue weighted by Crippen LogP contribution is 2.47. The van der Waals surface area contributed by atoms with Crippen LogP contribution in [-0.2, 0) is 16.6 Å². The Morgan fingerprint density at radius 1 is 0.933 bits per heavy atom. The quantitative estimate of drug-likeness (QED) is 0.546. The second-order valence-corrected chi connectivity index (χ2v) is 7.23. The lowest BCUT2D eigenvalue weighted by molar-refractivity contribution is -0.162. The second kappa shape index (κ2) is 10.6. The van der Waals surface area contributed by atoms with E-state index in [4.69, 9.17) is 0 Å². The van der Waals surface area contributed by atoms with Crippen LogP contribution in [-0.4, -0.2) is 30.6 Å². The number of amides is 1. The number of fused-ring (bicyclic) bond motifs is 2. The minimum atomic E-state index is -4.43. The van der Waals surface area contributed by atoms with Gasteiger partial charge in [-0.2, -0.15) is 13.2 Å². The monoisotopic (exact) mass is 421 g/mol. The highest BCUT2D eigenvalue weighted by molar-refractivity contribution is 5.94. The highest BCUT2D eigenvalue weighted by Gasteiger charge is 2.51. The molecule has 0 fully saturated rings. The average Bonchev–Trinajstić information content (AvgIpc) is 2.73. The van der Waals surface area contributed by atoms with Gasteiger partial charge in [-0.05, 0) is 34.6 Å². The number of hydrogen-bond donors (Lipinski definition) is 0. The lowest BCUT2D eigenvalue weighted by Crippen LogP contribution is -2.53. The van der Waals surface area contributed by atoms with Crippen molar-refractivity contribution < 1.29 is 18.0 Å². The summed E-state index contributed by atoms with van der Waals surface area (Å²) in [7, 11) is 1.24. The van der Waals surface area contributed by atoms with Crippen LogP contribution in [0, 0.1) is 5.92 Å². The molecule has 0 aliphatic heterocycles. The topological polar surface area (TPSA) is 20.3 Å². The van der Waals surface area contributed by atoms with Gasteiger partial charge in [0.05, 0.1) is 0 Å². The molecule has 3 rings (SSSR count). The lowest BCUT2D eigenvalue weighted by Gasteiger charge is -2.44. The van der Waals surface area contributed by atoms with Crippen molar-refractivity contribution in [2.24, 2.45) is 5.92 Å². The Bertz CT molecular complexity index is 782. The minimum Gasteiger partial charge on any atom is -0.336 e. The number of carbonyl (C=O) groups excluding carboxylic acids is 1. The molecule has 0 heterocycles. The third-order valence-corrected chi connectivity index (χ3v) is 5.23. The molecule has 0 spiro atoms. The molecule has 166 valence electrons.